The van der Waals surface area contributed by atoms with E-state index in [1.54, 1.807) is 0 Å². The molecule has 0 saturated heterocycles. The first-order valence-electron chi connectivity index (χ1n) is 6.64. The molecule has 0 aromatic carbocycles. The maximum Gasteiger partial charge on any atom is 0.299 e. The van der Waals surface area contributed by atoms with Crippen LogP contribution in [0, 0.1) is 0 Å². The number of hydrogen-bond acceptors (Lipinski definition) is 3. The van der Waals surface area contributed by atoms with Gasteiger partial charge in [-0.1, -0.05) is 23.7 Å². The second-order valence-electron chi connectivity index (χ2n) is 4.49. The molecule has 0 saturated carbocycles. The van der Waals surface area contributed by atoms with Gasteiger partial charge in [0.05, 0.1) is 11.9 Å². The number of allylic oxidation sites excluding steroid dienone is 4. The minimum atomic E-state index is 0.442. The molecule has 104 valence electrons. The van der Waals surface area contributed by atoms with Gasteiger partial charge in [0, 0.05) is 36.3 Å². The lowest BCUT2D eigenvalue weighted by atomic mass is 9.81. The molecule has 0 bridgehead atoms. The smallest absolute Gasteiger partial charge is 0.299 e. The van der Waals surface area contributed by atoms with Gasteiger partial charge >= 0.3 is 0 Å². The lowest BCUT2D eigenvalue weighted by Gasteiger charge is -2.06. The van der Waals surface area contributed by atoms with Gasteiger partial charge < -0.3 is 10.3 Å². The van der Waals surface area contributed by atoms with Crippen molar-refractivity contribution in [1.29, 1.82) is 0 Å². The molecule has 0 spiro atoms. The standard InChI is InChI=1S/C14H18BClN4/c1-2-3-12(4-6-16)15-20-14-5-7-18-13(9-17)8-11(14)10-19-20/h2-4,7-8,10,15H,5-6,9,17H2,1H3/b3-2-,12-4+. The number of aromatic nitrogens is 2. The normalized spacial score (nSPS) is 15.2. The summed E-state index contributed by atoms with van der Waals surface area (Å²) in [5.41, 5.74) is 9.93. The van der Waals surface area contributed by atoms with Crippen LogP contribution in [0.5, 0.6) is 0 Å². The van der Waals surface area contributed by atoms with Crippen molar-refractivity contribution in [2.24, 2.45) is 10.7 Å². The van der Waals surface area contributed by atoms with E-state index >= 15 is 0 Å². The molecule has 1 aliphatic heterocycles. The molecular formula is C14H18BClN4. The van der Waals surface area contributed by atoms with Crippen LogP contribution < -0.4 is 5.73 Å². The fourth-order valence-electron chi connectivity index (χ4n) is 2.15. The van der Waals surface area contributed by atoms with E-state index in [1.165, 1.54) is 0 Å². The van der Waals surface area contributed by atoms with Crippen molar-refractivity contribution in [2.45, 2.75) is 13.3 Å². The molecule has 0 unspecified atom stereocenters. The Morgan fingerprint density at radius 3 is 3.15 bits per heavy atom. The highest BCUT2D eigenvalue weighted by Crippen LogP contribution is 2.16. The monoisotopic (exact) mass is 288 g/mol. The van der Waals surface area contributed by atoms with Crippen LogP contribution in [0.15, 0.2) is 40.6 Å². The molecule has 20 heavy (non-hydrogen) atoms. The summed E-state index contributed by atoms with van der Waals surface area (Å²) in [5.74, 6) is 0.502. The molecule has 2 N–H and O–H groups in total. The second kappa shape index (κ2) is 7.26. The Labute approximate surface area is 125 Å². The van der Waals surface area contributed by atoms with Gasteiger partial charge in [0.1, 0.15) is 0 Å². The van der Waals surface area contributed by atoms with E-state index in [9.17, 15) is 0 Å². The first-order valence-corrected chi connectivity index (χ1v) is 7.17. The molecule has 0 fully saturated rings. The van der Waals surface area contributed by atoms with Crippen LogP contribution in [0.1, 0.15) is 18.2 Å². The Morgan fingerprint density at radius 1 is 1.60 bits per heavy atom. The van der Waals surface area contributed by atoms with Gasteiger partial charge in [0.2, 0.25) is 0 Å². The zero-order valence-electron chi connectivity index (χ0n) is 11.6. The van der Waals surface area contributed by atoms with Crippen molar-refractivity contribution >= 4 is 31.3 Å². The third-order valence-electron chi connectivity index (χ3n) is 3.11. The number of hydrogen-bond donors (Lipinski definition) is 1. The summed E-state index contributed by atoms with van der Waals surface area (Å²) in [7, 11) is 0.714. The molecule has 6 heteroatoms. The molecule has 0 amide bonds. The van der Waals surface area contributed by atoms with Gasteiger partial charge in [0.25, 0.3) is 7.41 Å². The molecule has 1 aliphatic rings. The maximum atomic E-state index is 5.80. The van der Waals surface area contributed by atoms with Crippen LogP contribution in [0.2, 0.25) is 0 Å². The summed E-state index contributed by atoms with van der Waals surface area (Å²) in [4.78, 5) is 4.34. The van der Waals surface area contributed by atoms with Crippen molar-refractivity contribution in [1.82, 2.24) is 9.69 Å². The Morgan fingerprint density at radius 2 is 2.45 bits per heavy atom. The first-order chi connectivity index (χ1) is 9.78. The van der Waals surface area contributed by atoms with Crippen LogP contribution in [-0.4, -0.2) is 35.7 Å². The molecule has 0 atom stereocenters. The SMILES string of the molecule is C/C=C\C(Bn1ncc2c1CC=NC(CN)=C2)=C/CCl. The zero-order valence-corrected chi connectivity index (χ0v) is 12.3. The van der Waals surface area contributed by atoms with Crippen molar-refractivity contribution in [3.63, 3.8) is 0 Å². The van der Waals surface area contributed by atoms with E-state index in [4.69, 9.17) is 17.3 Å². The third kappa shape index (κ3) is 3.49. The number of alkyl halides is 1. The fraction of sp³-hybridized carbons (Fsp3) is 0.286. The summed E-state index contributed by atoms with van der Waals surface area (Å²) in [6.45, 7) is 2.44. The minimum Gasteiger partial charge on any atom is -0.325 e. The van der Waals surface area contributed by atoms with E-state index in [0.29, 0.717) is 19.8 Å². The van der Waals surface area contributed by atoms with Crippen LogP contribution >= 0.6 is 11.6 Å². The summed E-state index contributed by atoms with van der Waals surface area (Å²) >= 11 is 5.80. The van der Waals surface area contributed by atoms with Gasteiger partial charge in [-0.25, -0.2) is 0 Å². The van der Waals surface area contributed by atoms with Gasteiger partial charge in [0.15, 0.2) is 0 Å². The van der Waals surface area contributed by atoms with Crippen LogP contribution in [-0.2, 0) is 6.42 Å². The van der Waals surface area contributed by atoms with Crippen molar-refractivity contribution in [3.05, 3.63) is 46.9 Å². The van der Waals surface area contributed by atoms with Crippen molar-refractivity contribution in [2.75, 3.05) is 12.4 Å². The Balaban J connectivity index is 2.28. The highest BCUT2D eigenvalue weighted by molar-refractivity contribution is 6.45. The van der Waals surface area contributed by atoms with E-state index < -0.39 is 0 Å². The topological polar surface area (TPSA) is 56.2 Å². The Hall–Kier alpha value is -1.59. The Kier molecular flexibility index (Phi) is 5.38. The Bertz CT molecular complexity index is 584. The van der Waals surface area contributed by atoms with Gasteiger partial charge in [-0.3, -0.25) is 4.99 Å². The first kappa shape index (κ1) is 14.8. The third-order valence-corrected chi connectivity index (χ3v) is 3.26. The number of nitrogens with zero attached hydrogens (tertiary/aromatic N) is 3. The largest absolute Gasteiger partial charge is 0.325 e. The quantitative estimate of drug-likeness (QED) is 0.509. The number of aliphatic imine (C=N–C) groups is 1. The van der Waals surface area contributed by atoms with E-state index in [0.717, 1.165) is 28.8 Å². The highest BCUT2D eigenvalue weighted by Gasteiger charge is 2.12. The molecule has 1 aromatic heterocycles. The van der Waals surface area contributed by atoms with Crippen LogP contribution in [0.25, 0.3) is 6.08 Å². The fourth-order valence-corrected chi connectivity index (χ4v) is 2.35. The highest BCUT2D eigenvalue weighted by atomic mass is 35.5. The molecule has 2 heterocycles. The second-order valence-corrected chi connectivity index (χ2v) is 4.80. The summed E-state index contributed by atoms with van der Waals surface area (Å²) < 4.78 is 2.00. The molecule has 0 aliphatic carbocycles. The molecule has 2 rings (SSSR count). The zero-order chi connectivity index (χ0) is 14.4. The number of rotatable bonds is 5. The van der Waals surface area contributed by atoms with E-state index in [1.807, 2.05) is 42.2 Å². The number of fused-ring (bicyclic) bond motifs is 1. The van der Waals surface area contributed by atoms with Crippen molar-refractivity contribution < 1.29 is 0 Å². The van der Waals surface area contributed by atoms with Gasteiger partial charge in [-0.05, 0) is 13.0 Å². The predicted octanol–water partition coefficient (Wildman–Crippen LogP) is 1.71. The van der Waals surface area contributed by atoms with Crippen LogP contribution in [0.4, 0.5) is 0 Å². The van der Waals surface area contributed by atoms with Crippen LogP contribution in [0.3, 0.4) is 0 Å². The molecule has 0 radical (unpaired) electrons. The number of nitrogens with two attached hydrogens (primary N) is 1. The van der Waals surface area contributed by atoms with E-state index in [-0.39, 0.29) is 0 Å². The van der Waals surface area contributed by atoms with E-state index in [2.05, 4.69) is 16.2 Å². The molecule has 4 nitrogen and oxygen atoms in total. The molecular weight excluding hydrogens is 270 g/mol. The lowest BCUT2D eigenvalue weighted by molar-refractivity contribution is 0.925. The summed E-state index contributed by atoms with van der Waals surface area (Å²) in [5, 5.41) is 4.46. The van der Waals surface area contributed by atoms with Gasteiger partial charge in [-0.2, -0.15) is 5.10 Å². The maximum absolute atomic E-state index is 5.80. The van der Waals surface area contributed by atoms with Gasteiger partial charge in [-0.15, -0.1) is 11.6 Å². The van der Waals surface area contributed by atoms with Crippen molar-refractivity contribution in [3.8, 4) is 0 Å². The summed E-state index contributed by atoms with van der Waals surface area (Å²) in [6, 6.07) is 0. The minimum absolute atomic E-state index is 0.442. The average molecular weight is 289 g/mol. The summed E-state index contributed by atoms with van der Waals surface area (Å²) in [6.07, 6.45) is 12.6. The average Bonchev–Trinajstić information content (AvgIpc) is 2.70. The predicted molar refractivity (Wildman–Crippen MR) is 87.6 cm³/mol. The lowest BCUT2D eigenvalue weighted by Crippen LogP contribution is -2.14. The number of halogens is 1. The molecule has 1 aromatic rings.